The number of fused-ring (bicyclic) bond motifs is 3. The number of amides is 1. The summed E-state index contributed by atoms with van der Waals surface area (Å²) >= 11 is 0. The Morgan fingerprint density at radius 3 is 2.76 bits per heavy atom. The summed E-state index contributed by atoms with van der Waals surface area (Å²) in [6, 6.07) is 3.28. The first-order valence-corrected chi connectivity index (χ1v) is 9.86. The van der Waals surface area contributed by atoms with Crippen molar-refractivity contribution in [2.75, 3.05) is 20.2 Å². The number of aliphatic imine (C=N–C) groups is 1. The monoisotopic (exact) mass is 396 g/mol. The van der Waals surface area contributed by atoms with Gasteiger partial charge in [-0.3, -0.25) is 14.4 Å². The van der Waals surface area contributed by atoms with Gasteiger partial charge < -0.3 is 9.64 Å². The van der Waals surface area contributed by atoms with E-state index >= 15 is 0 Å². The first kappa shape index (κ1) is 19.5. The van der Waals surface area contributed by atoms with Gasteiger partial charge in [-0.15, -0.1) is 0 Å². The van der Waals surface area contributed by atoms with Crippen molar-refractivity contribution >= 4 is 17.4 Å². The minimum Gasteiger partial charge on any atom is -0.375 e. The summed E-state index contributed by atoms with van der Waals surface area (Å²) in [4.78, 5) is 23.4. The van der Waals surface area contributed by atoms with Crippen LogP contribution in [-0.4, -0.2) is 46.4 Å². The number of hydrogen-bond donors (Lipinski definition) is 0. The number of methoxy groups -OCH3 is 1. The van der Waals surface area contributed by atoms with Gasteiger partial charge in [0.05, 0.1) is 17.5 Å². The molecule has 2 aromatic rings. The molecule has 0 saturated carbocycles. The topological polar surface area (TPSA) is 59.7 Å². The van der Waals surface area contributed by atoms with E-state index in [-0.39, 0.29) is 30.3 Å². The summed E-state index contributed by atoms with van der Waals surface area (Å²) in [5, 5.41) is 0. The van der Waals surface area contributed by atoms with Crippen LogP contribution in [0.15, 0.2) is 35.7 Å². The van der Waals surface area contributed by atoms with Crippen LogP contribution in [0.3, 0.4) is 0 Å². The van der Waals surface area contributed by atoms with Crippen LogP contribution in [0.2, 0.25) is 0 Å². The van der Waals surface area contributed by atoms with Gasteiger partial charge in [-0.05, 0) is 42.5 Å². The molecule has 6 nitrogen and oxygen atoms in total. The lowest BCUT2D eigenvalue weighted by Gasteiger charge is -2.32. The lowest BCUT2D eigenvalue weighted by Crippen LogP contribution is -2.36. The van der Waals surface area contributed by atoms with Gasteiger partial charge in [0.2, 0.25) is 5.91 Å². The van der Waals surface area contributed by atoms with Crippen molar-refractivity contribution in [3.05, 3.63) is 58.9 Å². The molecular formula is C22H25FN4O2. The lowest BCUT2D eigenvalue weighted by atomic mass is 9.86. The molecular weight excluding hydrogens is 371 g/mol. The van der Waals surface area contributed by atoms with Crippen LogP contribution in [0.5, 0.6) is 0 Å². The Morgan fingerprint density at radius 1 is 1.24 bits per heavy atom. The molecule has 1 aromatic carbocycles. The average Bonchev–Trinajstić information content (AvgIpc) is 3.13. The number of halogens is 1. The largest absolute Gasteiger partial charge is 0.375 e. The standard InChI is InChI=1S/C22H25FN4O2/c1-13(2)22-16-7-8-27-19(15(16)5-6-17(22)23)9-20(24-10-21(27)28)26-11-18(25-12-26)14(3)29-4/h5-6,9,11-14H,7-8,10H2,1-4H3/t14-/m1/s1. The zero-order valence-corrected chi connectivity index (χ0v) is 17.1. The normalized spacial score (nSPS) is 17.4. The van der Waals surface area contributed by atoms with Crippen LogP contribution < -0.4 is 0 Å². The summed E-state index contributed by atoms with van der Waals surface area (Å²) in [6.45, 7) is 6.50. The number of benzene rings is 1. The smallest absolute Gasteiger partial charge is 0.248 e. The van der Waals surface area contributed by atoms with Gasteiger partial charge in [-0.2, -0.15) is 0 Å². The van der Waals surface area contributed by atoms with Gasteiger partial charge in [-0.1, -0.05) is 13.8 Å². The molecule has 0 radical (unpaired) electrons. The molecule has 0 saturated heterocycles. The molecule has 0 unspecified atom stereocenters. The van der Waals surface area contributed by atoms with Crippen LogP contribution in [0.25, 0.3) is 5.70 Å². The highest BCUT2D eigenvalue weighted by Gasteiger charge is 2.31. The van der Waals surface area contributed by atoms with E-state index < -0.39 is 0 Å². The van der Waals surface area contributed by atoms with Crippen LogP contribution in [0, 0.1) is 5.82 Å². The van der Waals surface area contributed by atoms with Crippen LogP contribution in [0.4, 0.5) is 4.39 Å². The Balaban J connectivity index is 1.82. The first-order chi connectivity index (χ1) is 13.9. The SMILES string of the molecule is CO[C@H](C)c1cn(C2=NCC(=O)N3CCc4c(ccc(F)c4C(C)C)C3=C2)cn1. The molecule has 0 N–H and O–H groups in total. The van der Waals surface area contributed by atoms with Crippen molar-refractivity contribution in [1.82, 2.24) is 14.5 Å². The summed E-state index contributed by atoms with van der Waals surface area (Å²) in [5.74, 6) is 0.451. The third-order valence-corrected chi connectivity index (χ3v) is 5.61. The molecule has 1 amide bonds. The third-order valence-electron chi connectivity index (χ3n) is 5.61. The number of allylic oxidation sites excluding steroid dienone is 1. The number of imidazole rings is 1. The Hall–Kier alpha value is -2.80. The van der Waals surface area contributed by atoms with E-state index in [2.05, 4.69) is 9.98 Å². The van der Waals surface area contributed by atoms with Gasteiger partial charge in [0.25, 0.3) is 0 Å². The highest BCUT2D eigenvalue weighted by molar-refractivity contribution is 6.06. The van der Waals surface area contributed by atoms with Crippen molar-refractivity contribution in [2.45, 2.75) is 39.2 Å². The maximum absolute atomic E-state index is 14.5. The predicted octanol–water partition coefficient (Wildman–Crippen LogP) is 3.54. The maximum Gasteiger partial charge on any atom is 0.248 e. The molecule has 152 valence electrons. The molecule has 7 heteroatoms. The van der Waals surface area contributed by atoms with Crippen molar-refractivity contribution in [3.8, 4) is 0 Å². The fourth-order valence-corrected chi connectivity index (χ4v) is 4.03. The zero-order chi connectivity index (χ0) is 20.7. The van der Waals surface area contributed by atoms with E-state index in [0.29, 0.717) is 18.8 Å². The average molecular weight is 396 g/mol. The third kappa shape index (κ3) is 3.40. The van der Waals surface area contributed by atoms with E-state index in [1.165, 1.54) is 6.07 Å². The minimum atomic E-state index is -0.186. The second-order valence-corrected chi connectivity index (χ2v) is 7.72. The summed E-state index contributed by atoms with van der Waals surface area (Å²) in [7, 11) is 1.63. The Labute approximate surface area is 169 Å². The highest BCUT2D eigenvalue weighted by Crippen LogP contribution is 2.36. The molecule has 0 aliphatic carbocycles. The molecule has 1 aromatic heterocycles. The van der Waals surface area contributed by atoms with Crippen molar-refractivity contribution < 1.29 is 13.9 Å². The number of nitrogens with zero attached hydrogens (tertiary/aromatic N) is 4. The Morgan fingerprint density at radius 2 is 2.03 bits per heavy atom. The van der Waals surface area contributed by atoms with E-state index in [0.717, 1.165) is 28.1 Å². The first-order valence-electron chi connectivity index (χ1n) is 9.86. The lowest BCUT2D eigenvalue weighted by molar-refractivity contribution is -0.126. The van der Waals surface area contributed by atoms with Crippen LogP contribution >= 0.6 is 0 Å². The maximum atomic E-state index is 14.5. The van der Waals surface area contributed by atoms with Gasteiger partial charge >= 0.3 is 0 Å². The molecule has 0 fully saturated rings. The van der Waals surface area contributed by atoms with Crippen LogP contribution in [0.1, 0.15) is 55.2 Å². The molecule has 0 spiro atoms. The van der Waals surface area contributed by atoms with E-state index in [1.807, 2.05) is 33.0 Å². The van der Waals surface area contributed by atoms with E-state index in [1.54, 1.807) is 29.0 Å². The van der Waals surface area contributed by atoms with Gasteiger partial charge in [-0.25, -0.2) is 9.37 Å². The molecule has 4 rings (SSSR count). The van der Waals surface area contributed by atoms with Crippen molar-refractivity contribution in [1.29, 1.82) is 0 Å². The van der Waals surface area contributed by atoms with E-state index in [9.17, 15) is 9.18 Å². The summed E-state index contributed by atoms with van der Waals surface area (Å²) in [5.41, 5.74) is 4.17. The van der Waals surface area contributed by atoms with Crippen molar-refractivity contribution in [2.24, 2.45) is 4.99 Å². The quantitative estimate of drug-likeness (QED) is 0.797. The fraction of sp³-hybridized carbons (Fsp3) is 0.409. The number of aromatic nitrogens is 2. The second-order valence-electron chi connectivity index (χ2n) is 7.72. The van der Waals surface area contributed by atoms with Crippen molar-refractivity contribution in [3.63, 3.8) is 0 Å². The number of hydrogen-bond acceptors (Lipinski definition) is 4. The number of carbonyl (C=O) groups excluding carboxylic acids is 1. The zero-order valence-electron chi connectivity index (χ0n) is 17.1. The van der Waals surface area contributed by atoms with Crippen LogP contribution in [-0.2, 0) is 16.0 Å². The van der Waals surface area contributed by atoms with Gasteiger partial charge in [0.1, 0.15) is 24.5 Å². The highest BCUT2D eigenvalue weighted by atomic mass is 19.1. The van der Waals surface area contributed by atoms with Gasteiger partial charge in [0.15, 0.2) is 0 Å². The van der Waals surface area contributed by atoms with Gasteiger partial charge in [0, 0.05) is 31.5 Å². The Kier molecular flexibility index (Phi) is 5.08. The molecule has 29 heavy (non-hydrogen) atoms. The summed E-state index contributed by atoms with van der Waals surface area (Å²) in [6.07, 6.45) is 5.93. The molecule has 3 heterocycles. The molecule has 2 aliphatic heterocycles. The molecule has 1 atom stereocenters. The van der Waals surface area contributed by atoms with E-state index in [4.69, 9.17) is 4.74 Å². The minimum absolute atomic E-state index is 0.0575. The number of ether oxygens (including phenoxy) is 1. The second kappa shape index (κ2) is 7.55. The fourth-order valence-electron chi connectivity index (χ4n) is 4.03. The number of rotatable bonds is 3. The predicted molar refractivity (Wildman–Crippen MR) is 109 cm³/mol. The molecule has 0 bridgehead atoms. The number of carbonyl (C=O) groups is 1. The Bertz CT molecular complexity index is 1020. The summed E-state index contributed by atoms with van der Waals surface area (Å²) < 4.78 is 21.6. The molecule has 2 aliphatic rings.